The third-order valence-electron chi connectivity index (χ3n) is 3.69. The predicted molar refractivity (Wildman–Crippen MR) is 73.8 cm³/mol. The number of nitrogens with zero attached hydrogens (tertiary/aromatic N) is 1. The standard InChI is InChI=1S/C15H24N2O/c1-10-8-11(2)17-13(4)15(10)12(3)16-9-14-6-5-7-18-14/h8,12,14,16H,5-7,9H2,1-4H3. The van der Waals surface area contributed by atoms with Gasteiger partial charge in [0.1, 0.15) is 0 Å². The maximum atomic E-state index is 5.64. The molecular formula is C15H24N2O. The fourth-order valence-corrected chi connectivity index (χ4v) is 2.90. The lowest BCUT2D eigenvalue weighted by Gasteiger charge is -2.21. The fraction of sp³-hybridized carbons (Fsp3) is 0.667. The van der Waals surface area contributed by atoms with Crippen molar-refractivity contribution in [2.24, 2.45) is 0 Å². The zero-order valence-electron chi connectivity index (χ0n) is 11.9. The van der Waals surface area contributed by atoms with Gasteiger partial charge in [0.25, 0.3) is 0 Å². The second-order valence-electron chi connectivity index (χ2n) is 5.34. The SMILES string of the molecule is Cc1cc(C)c(C(C)NCC2CCCO2)c(C)n1. The van der Waals surface area contributed by atoms with E-state index < -0.39 is 0 Å². The van der Waals surface area contributed by atoms with Crippen LogP contribution in [0, 0.1) is 20.8 Å². The van der Waals surface area contributed by atoms with Crippen molar-refractivity contribution < 1.29 is 4.74 Å². The van der Waals surface area contributed by atoms with Gasteiger partial charge in [-0.15, -0.1) is 0 Å². The van der Waals surface area contributed by atoms with Gasteiger partial charge in [-0.25, -0.2) is 0 Å². The van der Waals surface area contributed by atoms with Crippen molar-refractivity contribution in [1.29, 1.82) is 0 Å². The summed E-state index contributed by atoms with van der Waals surface area (Å²) in [5, 5.41) is 3.58. The van der Waals surface area contributed by atoms with Crippen LogP contribution in [-0.4, -0.2) is 24.2 Å². The first-order chi connectivity index (χ1) is 8.58. The molecule has 3 nitrogen and oxygen atoms in total. The summed E-state index contributed by atoms with van der Waals surface area (Å²) in [5.74, 6) is 0. The van der Waals surface area contributed by atoms with Crippen molar-refractivity contribution in [3.8, 4) is 0 Å². The van der Waals surface area contributed by atoms with Gasteiger partial charge in [0.2, 0.25) is 0 Å². The van der Waals surface area contributed by atoms with E-state index in [1.807, 2.05) is 6.92 Å². The van der Waals surface area contributed by atoms with E-state index in [2.05, 4.69) is 37.1 Å². The molecule has 2 atom stereocenters. The number of aromatic nitrogens is 1. The normalized spacial score (nSPS) is 21.2. The van der Waals surface area contributed by atoms with Crippen molar-refractivity contribution in [2.75, 3.05) is 13.2 Å². The van der Waals surface area contributed by atoms with Crippen LogP contribution in [0.2, 0.25) is 0 Å². The van der Waals surface area contributed by atoms with Gasteiger partial charge in [-0.05, 0) is 57.7 Å². The average molecular weight is 248 g/mol. The van der Waals surface area contributed by atoms with Crippen molar-refractivity contribution in [3.05, 3.63) is 28.6 Å². The van der Waals surface area contributed by atoms with Crippen LogP contribution in [0.1, 0.15) is 48.3 Å². The van der Waals surface area contributed by atoms with Crippen LogP contribution in [0.4, 0.5) is 0 Å². The highest BCUT2D eigenvalue weighted by molar-refractivity contribution is 5.33. The van der Waals surface area contributed by atoms with Crippen LogP contribution in [0.3, 0.4) is 0 Å². The number of rotatable bonds is 4. The molecule has 1 N–H and O–H groups in total. The van der Waals surface area contributed by atoms with E-state index in [-0.39, 0.29) is 0 Å². The Labute approximate surface area is 110 Å². The first kappa shape index (κ1) is 13.5. The van der Waals surface area contributed by atoms with E-state index in [1.54, 1.807) is 0 Å². The van der Waals surface area contributed by atoms with Gasteiger partial charge in [0, 0.05) is 30.6 Å². The molecule has 0 aliphatic carbocycles. The van der Waals surface area contributed by atoms with E-state index in [4.69, 9.17) is 4.74 Å². The summed E-state index contributed by atoms with van der Waals surface area (Å²) >= 11 is 0. The van der Waals surface area contributed by atoms with Crippen molar-refractivity contribution >= 4 is 0 Å². The molecule has 1 aliphatic rings. The Balaban J connectivity index is 2.01. The van der Waals surface area contributed by atoms with Crippen LogP contribution in [-0.2, 0) is 4.74 Å². The van der Waals surface area contributed by atoms with E-state index >= 15 is 0 Å². The van der Waals surface area contributed by atoms with Crippen LogP contribution in [0.15, 0.2) is 6.07 Å². The van der Waals surface area contributed by atoms with Gasteiger partial charge in [0.05, 0.1) is 6.10 Å². The molecule has 0 bridgehead atoms. The van der Waals surface area contributed by atoms with Crippen molar-refractivity contribution in [1.82, 2.24) is 10.3 Å². The topological polar surface area (TPSA) is 34.1 Å². The highest BCUT2D eigenvalue weighted by Gasteiger charge is 2.18. The highest BCUT2D eigenvalue weighted by Crippen LogP contribution is 2.21. The van der Waals surface area contributed by atoms with Crippen molar-refractivity contribution in [2.45, 2.75) is 52.7 Å². The van der Waals surface area contributed by atoms with Gasteiger partial charge in [0.15, 0.2) is 0 Å². The Kier molecular flexibility index (Phi) is 4.36. The quantitative estimate of drug-likeness (QED) is 0.889. The van der Waals surface area contributed by atoms with Gasteiger partial charge in [-0.2, -0.15) is 0 Å². The Morgan fingerprint density at radius 2 is 2.22 bits per heavy atom. The van der Waals surface area contributed by atoms with Crippen LogP contribution in [0.5, 0.6) is 0 Å². The van der Waals surface area contributed by atoms with E-state index in [1.165, 1.54) is 24.0 Å². The second-order valence-corrected chi connectivity index (χ2v) is 5.34. The summed E-state index contributed by atoms with van der Waals surface area (Å²) in [5.41, 5.74) is 4.89. The summed E-state index contributed by atoms with van der Waals surface area (Å²) in [4.78, 5) is 4.56. The highest BCUT2D eigenvalue weighted by atomic mass is 16.5. The van der Waals surface area contributed by atoms with Crippen LogP contribution < -0.4 is 5.32 Å². The summed E-state index contributed by atoms with van der Waals surface area (Å²) in [6, 6.07) is 2.49. The molecule has 3 heteroatoms. The number of hydrogen-bond acceptors (Lipinski definition) is 3. The molecule has 2 rings (SSSR count). The molecule has 1 aromatic rings. The molecule has 18 heavy (non-hydrogen) atoms. The second kappa shape index (κ2) is 5.81. The van der Waals surface area contributed by atoms with Crippen LogP contribution in [0.25, 0.3) is 0 Å². The first-order valence-corrected chi connectivity index (χ1v) is 6.87. The zero-order chi connectivity index (χ0) is 13.1. The Morgan fingerprint density at radius 1 is 1.44 bits per heavy atom. The summed E-state index contributed by atoms with van der Waals surface area (Å²) in [6.45, 7) is 10.4. The molecule has 1 fully saturated rings. The fourth-order valence-electron chi connectivity index (χ4n) is 2.90. The molecule has 100 valence electrons. The maximum Gasteiger partial charge on any atom is 0.0700 e. The molecule has 2 unspecified atom stereocenters. The Bertz CT molecular complexity index is 388. The molecule has 0 radical (unpaired) electrons. The first-order valence-electron chi connectivity index (χ1n) is 6.87. The maximum absolute atomic E-state index is 5.64. The monoisotopic (exact) mass is 248 g/mol. The van der Waals surface area contributed by atoms with E-state index in [9.17, 15) is 0 Å². The minimum Gasteiger partial charge on any atom is -0.377 e. The summed E-state index contributed by atoms with van der Waals surface area (Å²) in [7, 11) is 0. The number of pyridine rings is 1. The van der Waals surface area contributed by atoms with Gasteiger partial charge in [-0.3, -0.25) is 4.98 Å². The lowest BCUT2D eigenvalue weighted by molar-refractivity contribution is 0.108. The molecule has 1 saturated heterocycles. The summed E-state index contributed by atoms with van der Waals surface area (Å²) in [6.07, 6.45) is 2.78. The lowest BCUT2D eigenvalue weighted by Crippen LogP contribution is -2.29. The third kappa shape index (κ3) is 3.09. The Hall–Kier alpha value is -0.930. The number of hydrogen-bond donors (Lipinski definition) is 1. The zero-order valence-corrected chi connectivity index (χ0v) is 11.9. The number of nitrogens with one attached hydrogen (secondary N) is 1. The molecule has 0 spiro atoms. The predicted octanol–water partition coefficient (Wildman–Crippen LogP) is 2.84. The van der Waals surface area contributed by atoms with Gasteiger partial charge < -0.3 is 10.1 Å². The smallest absolute Gasteiger partial charge is 0.0700 e. The van der Waals surface area contributed by atoms with Crippen LogP contribution >= 0.6 is 0 Å². The molecule has 0 aromatic carbocycles. The summed E-state index contributed by atoms with van der Waals surface area (Å²) < 4.78 is 5.64. The minimum atomic E-state index is 0.335. The molecule has 1 aliphatic heterocycles. The number of ether oxygens (including phenoxy) is 1. The molecule has 1 aromatic heterocycles. The minimum absolute atomic E-state index is 0.335. The molecule has 0 saturated carbocycles. The van der Waals surface area contributed by atoms with Gasteiger partial charge >= 0.3 is 0 Å². The largest absolute Gasteiger partial charge is 0.377 e. The average Bonchev–Trinajstić information content (AvgIpc) is 2.77. The van der Waals surface area contributed by atoms with E-state index in [0.29, 0.717) is 12.1 Å². The third-order valence-corrected chi connectivity index (χ3v) is 3.69. The Morgan fingerprint density at radius 3 is 2.83 bits per heavy atom. The van der Waals surface area contributed by atoms with E-state index in [0.717, 1.165) is 24.5 Å². The lowest BCUT2D eigenvalue weighted by atomic mass is 10.0. The molecular weight excluding hydrogens is 224 g/mol. The molecule has 2 heterocycles. The molecule has 0 amide bonds. The number of aryl methyl sites for hydroxylation is 3. The van der Waals surface area contributed by atoms with Crippen molar-refractivity contribution in [3.63, 3.8) is 0 Å². The van der Waals surface area contributed by atoms with Gasteiger partial charge in [-0.1, -0.05) is 0 Å².